The maximum absolute atomic E-state index is 12.9. The first-order valence-corrected chi connectivity index (χ1v) is 4.13. The molecule has 1 aromatic carbocycles. The molecule has 0 N–H and O–H groups in total. The normalized spacial score (nSPS) is 10.5. The van der Waals surface area contributed by atoms with Gasteiger partial charge in [0.05, 0.1) is 9.99 Å². The number of fused-ring (bicyclic) bond motifs is 1. The lowest BCUT2D eigenvalue weighted by Gasteiger charge is -1.98. The van der Waals surface area contributed by atoms with Gasteiger partial charge in [0.25, 0.3) is 0 Å². The molecule has 0 aliphatic carbocycles. The number of hydrogen-bond donors (Lipinski definition) is 0. The van der Waals surface area contributed by atoms with Crippen molar-refractivity contribution in [2.75, 3.05) is 0 Å². The minimum absolute atomic E-state index is 0.317. The fourth-order valence-electron chi connectivity index (χ4n) is 0.978. The third-order valence-electron chi connectivity index (χ3n) is 1.53. The van der Waals surface area contributed by atoms with E-state index in [0.29, 0.717) is 15.5 Å². The third kappa shape index (κ3) is 1.08. The highest BCUT2D eigenvalue weighted by atomic mass is 79.9. The van der Waals surface area contributed by atoms with Gasteiger partial charge in [-0.15, -0.1) is 0 Å². The molecule has 0 bridgehead atoms. The zero-order valence-electron chi connectivity index (χ0n) is 5.96. The van der Waals surface area contributed by atoms with Crippen LogP contribution in [0.4, 0.5) is 4.39 Å². The number of nitrogens with zero attached hydrogens (tertiary/aromatic N) is 2. The minimum Gasteiger partial charge on any atom is -0.253 e. The number of halogens is 2. The largest absolute Gasteiger partial charge is 0.253 e. The summed E-state index contributed by atoms with van der Waals surface area (Å²) in [6.45, 7) is 0. The minimum atomic E-state index is -0.317. The molecule has 2 aromatic rings. The highest BCUT2D eigenvalue weighted by Crippen LogP contribution is 2.22. The molecule has 0 saturated carbocycles. The highest BCUT2D eigenvalue weighted by Gasteiger charge is 2.04. The number of rotatable bonds is 0. The highest BCUT2D eigenvalue weighted by molar-refractivity contribution is 9.10. The average Bonchev–Trinajstić information content (AvgIpc) is 2.12. The maximum atomic E-state index is 12.9. The van der Waals surface area contributed by atoms with Gasteiger partial charge in [-0.2, -0.15) is 0 Å². The Morgan fingerprint density at radius 2 is 1.92 bits per heavy atom. The van der Waals surface area contributed by atoms with Crippen LogP contribution in [0.25, 0.3) is 11.0 Å². The van der Waals surface area contributed by atoms with E-state index in [-0.39, 0.29) is 5.82 Å². The summed E-state index contributed by atoms with van der Waals surface area (Å²) in [5.41, 5.74) is 1.24. The van der Waals surface area contributed by atoms with Crippen molar-refractivity contribution in [1.29, 1.82) is 0 Å². The molecule has 0 atom stereocenters. The van der Waals surface area contributed by atoms with Gasteiger partial charge in [0.1, 0.15) is 11.3 Å². The molecule has 60 valence electrons. The Labute approximate surface area is 76.6 Å². The summed E-state index contributed by atoms with van der Waals surface area (Å²) in [6.07, 6.45) is 3.11. The number of benzene rings is 1. The van der Waals surface area contributed by atoms with Gasteiger partial charge in [0.15, 0.2) is 0 Å². The second kappa shape index (κ2) is 2.79. The van der Waals surface area contributed by atoms with Crippen molar-refractivity contribution < 1.29 is 4.39 Å². The predicted octanol–water partition coefficient (Wildman–Crippen LogP) is 2.53. The molecule has 0 fully saturated rings. The smallest absolute Gasteiger partial charge is 0.139 e. The molecule has 0 amide bonds. The Bertz CT molecular complexity index is 430. The van der Waals surface area contributed by atoms with Gasteiger partial charge in [-0.05, 0) is 28.1 Å². The zero-order valence-corrected chi connectivity index (χ0v) is 7.55. The summed E-state index contributed by atoms with van der Waals surface area (Å²) in [7, 11) is 0. The second-order valence-corrected chi connectivity index (χ2v) is 3.08. The van der Waals surface area contributed by atoms with Crippen LogP contribution < -0.4 is 0 Å². The van der Waals surface area contributed by atoms with Crippen molar-refractivity contribution in [3.05, 3.63) is 34.8 Å². The Morgan fingerprint density at radius 1 is 1.17 bits per heavy atom. The van der Waals surface area contributed by atoms with Crippen LogP contribution in [0, 0.1) is 5.82 Å². The standard InChI is InChI=1S/C8H4BrFN2/c9-7-5(10)1-2-6-8(7)12-4-3-11-6/h1-4H. The topological polar surface area (TPSA) is 25.8 Å². The summed E-state index contributed by atoms with van der Waals surface area (Å²) >= 11 is 3.10. The molecule has 0 aliphatic rings. The van der Waals surface area contributed by atoms with E-state index in [4.69, 9.17) is 0 Å². The molecular formula is C8H4BrFN2. The van der Waals surface area contributed by atoms with Crippen LogP contribution >= 0.6 is 15.9 Å². The lowest BCUT2D eigenvalue weighted by molar-refractivity contribution is 0.623. The first kappa shape index (κ1) is 7.61. The fourth-order valence-corrected chi connectivity index (χ4v) is 1.42. The van der Waals surface area contributed by atoms with Crippen LogP contribution in [0.1, 0.15) is 0 Å². The molecule has 4 heteroatoms. The van der Waals surface area contributed by atoms with Gasteiger partial charge in [-0.1, -0.05) is 0 Å². The zero-order chi connectivity index (χ0) is 8.55. The monoisotopic (exact) mass is 226 g/mol. The van der Waals surface area contributed by atoms with Crippen molar-refractivity contribution in [3.63, 3.8) is 0 Å². The van der Waals surface area contributed by atoms with E-state index in [0.717, 1.165) is 0 Å². The molecule has 0 spiro atoms. The van der Waals surface area contributed by atoms with Crippen molar-refractivity contribution in [1.82, 2.24) is 9.97 Å². The summed E-state index contributed by atoms with van der Waals surface area (Å²) in [6, 6.07) is 2.96. The van der Waals surface area contributed by atoms with Crippen LogP contribution in [0.15, 0.2) is 29.0 Å². The van der Waals surface area contributed by atoms with E-state index in [1.807, 2.05) is 0 Å². The maximum Gasteiger partial charge on any atom is 0.139 e. The van der Waals surface area contributed by atoms with Crippen molar-refractivity contribution in [2.45, 2.75) is 0 Å². The molecule has 0 saturated heterocycles. The molecule has 0 radical (unpaired) electrons. The van der Waals surface area contributed by atoms with Crippen molar-refractivity contribution in [2.24, 2.45) is 0 Å². The molecular weight excluding hydrogens is 223 g/mol. The van der Waals surface area contributed by atoms with Crippen LogP contribution in [-0.4, -0.2) is 9.97 Å². The first-order chi connectivity index (χ1) is 5.79. The molecule has 0 unspecified atom stereocenters. The molecule has 1 heterocycles. The third-order valence-corrected chi connectivity index (χ3v) is 2.29. The molecule has 2 rings (SSSR count). The first-order valence-electron chi connectivity index (χ1n) is 3.34. The lowest BCUT2D eigenvalue weighted by Crippen LogP contribution is -1.85. The van der Waals surface area contributed by atoms with Gasteiger partial charge in [0.2, 0.25) is 0 Å². The fraction of sp³-hybridized carbons (Fsp3) is 0. The van der Waals surface area contributed by atoms with Gasteiger partial charge < -0.3 is 0 Å². The summed E-state index contributed by atoms with van der Waals surface area (Å²) in [4.78, 5) is 8.02. The Kier molecular flexibility index (Phi) is 1.77. The van der Waals surface area contributed by atoms with Crippen LogP contribution in [0.2, 0.25) is 0 Å². The number of hydrogen-bond acceptors (Lipinski definition) is 2. The summed E-state index contributed by atoms with van der Waals surface area (Å²) in [5.74, 6) is -0.317. The Balaban J connectivity index is 2.91. The van der Waals surface area contributed by atoms with Gasteiger partial charge in [-0.3, -0.25) is 9.97 Å². The Morgan fingerprint density at radius 3 is 2.75 bits per heavy atom. The average molecular weight is 227 g/mol. The van der Waals surface area contributed by atoms with Crippen LogP contribution in [-0.2, 0) is 0 Å². The Hall–Kier alpha value is -1.03. The van der Waals surface area contributed by atoms with E-state index in [9.17, 15) is 4.39 Å². The van der Waals surface area contributed by atoms with E-state index in [1.165, 1.54) is 12.3 Å². The van der Waals surface area contributed by atoms with E-state index < -0.39 is 0 Å². The van der Waals surface area contributed by atoms with E-state index in [1.54, 1.807) is 12.3 Å². The molecule has 0 aliphatic heterocycles. The van der Waals surface area contributed by atoms with Gasteiger partial charge in [0, 0.05) is 12.4 Å². The van der Waals surface area contributed by atoms with Crippen molar-refractivity contribution in [3.8, 4) is 0 Å². The molecule has 2 nitrogen and oxygen atoms in total. The number of aromatic nitrogens is 2. The SMILES string of the molecule is Fc1ccc2nccnc2c1Br. The van der Waals surface area contributed by atoms with Gasteiger partial charge in [-0.25, -0.2) is 4.39 Å². The van der Waals surface area contributed by atoms with Crippen LogP contribution in [0.3, 0.4) is 0 Å². The van der Waals surface area contributed by atoms with Crippen LogP contribution in [0.5, 0.6) is 0 Å². The molecule has 1 aromatic heterocycles. The predicted molar refractivity (Wildman–Crippen MR) is 47.2 cm³/mol. The van der Waals surface area contributed by atoms with Gasteiger partial charge >= 0.3 is 0 Å². The second-order valence-electron chi connectivity index (χ2n) is 2.29. The summed E-state index contributed by atoms with van der Waals surface area (Å²) in [5, 5.41) is 0. The quantitative estimate of drug-likeness (QED) is 0.691. The van der Waals surface area contributed by atoms with E-state index in [2.05, 4.69) is 25.9 Å². The summed E-state index contributed by atoms with van der Waals surface area (Å²) < 4.78 is 13.3. The van der Waals surface area contributed by atoms with Crippen molar-refractivity contribution >= 4 is 27.0 Å². The molecule has 12 heavy (non-hydrogen) atoms. The lowest BCUT2D eigenvalue weighted by atomic mass is 10.3. The van der Waals surface area contributed by atoms with E-state index >= 15 is 0 Å².